The summed E-state index contributed by atoms with van der Waals surface area (Å²) in [6.07, 6.45) is 5.26. The minimum Gasteiger partial charge on any atom is -0.313 e. The van der Waals surface area contributed by atoms with Gasteiger partial charge in [-0.2, -0.15) is 0 Å². The van der Waals surface area contributed by atoms with Crippen LogP contribution >= 0.6 is 11.8 Å². The molecule has 0 aliphatic rings. The maximum absolute atomic E-state index is 4.39. The van der Waals surface area contributed by atoms with E-state index in [-0.39, 0.29) is 6.04 Å². The molecule has 1 unspecified atom stereocenters. The van der Waals surface area contributed by atoms with Crippen LogP contribution in [0.4, 0.5) is 0 Å². The molecule has 0 radical (unpaired) electrons. The van der Waals surface area contributed by atoms with Crippen molar-refractivity contribution in [1.29, 1.82) is 0 Å². The minimum atomic E-state index is 0.259. The molecule has 4 nitrogen and oxygen atoms in total. The van der Waals surface area contributed by atoms with Gasteiger partial charge in [-0.15, -0.1) is 0 Å². The van der Waals surface area contributed by atoms with Crippen molar-refractivity contribution in [3.05, 3.63) is 42.4 Å². The van der Waals surface area contributed by atoms with E-state index in [1.807, 2.05) is 13.1 Å². The van der Waals surface area contributed by atoms with Crippen molar-refractivity contribution >= 4 is 11.8 Å². The van der Waals surface area contributed by atoms with Gasteiger partial charge in [0.25, 0.3) is 0 Å². The van der Waals surface area contributed by atoms with E-state index in [1.165, 1.54) is 11.8 Å². The Kier molecular flexibility index (Phi) is 4.06. The molecular formula is C12H14N4S. The molecule has 5 heteroatoms. The second-order valence-corrected chi connectivity index (χ2v) is 4.50. The van der Waals surface area contributed by atoms with Crippen molar-refractivity contribution in [2.75, 3.05) is 7.05 Å². The molecule has 0 spiro atoms. The van der Waals surface area contributed by atoms with E-state index in [1.54, 1.807) is 24.7 Å². The summed E-state index contributed by atoms with van der Waals surface area (Å²) in [5.41, 5.74) is 1.16. The molecule has 17 heavy (non-hydrogen) atoms. The van der Waals surface area contributed by atoms with Crippen LogP contribution in [0.1, 0.15) is 18.5 Å². The van der Waals surface area contributed by atoms with Gasteiger partial charge >= 0.3 is 0 Å². The van der Waals surface area contributed by atoms with Crippen molar-refractivity contribution in [1.82, 2.24) is 20.3 Å². The Morgan fingerprint density at radius 1 is 1.12 bits per heavy atom. The average Bonchev–Trinajstić information content (AvgIpc) is 2.40. The second-order valence-electron chi connectivity index (χ2n) is 3.54. The van der Waals surface area contributed by atoms with Crippen LogP contribution in [-0.2, 0) is 0 Å². The highest BCUT2D eigenvalue weighted by Crippen LogP contribution is 2.28. The summed E-state index contributed by atoms with van der Waals surface area (Å²) in [5, 5.41) is 4.88. The molecule has 88 valence electrons. The highest BCUT2D eigenvalue weighted by molar-refractivity contribution is 7.99. The molecule has 2 heterocycles. The highest BCUT2D eigenvalue weighted by Gasteiger charge is 2.11. The lowest BCUT2D eigenvalue weighted by atomic mass is 10.1. The number of hydrogen-bond acceptors (Lipinski definition) is 5. The zero-order valence-electron chi connectivity index (χ0n) is 9.79. The third kappa shape index (κ3) is 3.01. The van der Waals surface area contributed by atoms with E-state index in [9.17, 15) is 0 Å². The summed E-state index contributed by atoms with van der Waals surface area (Å²) in [6, 6.07) is 6.08. The molecule has 0 bridgehead atoms. The molecular weight excluding hydrogens is 232 g/mol. The number of aromatic nitrogens is 3. The molecule has 1 atom stereocenters. The largest absolute Gasteiger partial charge is 0.313 e. The first kappa shape index (κ1) is 12.0. The van der Waals surface area contributed by atoms with Gasteiger partial charge in [-0.25, -0.2) is 15.0 Å². The summed E-state index contributed by atoms with van der Waals surface area (Å²) in [6.45, 7) is 2.10. The van der Waals surface area contributed by atoms with Gasteiger partial charge in [-0.05, 0) is 37.9 Å². The maximum Gasteiger partial charge on any atom is 0.193 e. The minimum absolute atomic E-state index is 0.259. The van der Waals surface area contributed by atoms with Gasteiger partial charge in [-0.3, -0.25) is 0 Å². The summed E-state index contributed by atoms with van der Waals surface area (Å²) < 4.78 is 0. The normalized spacial score (nSPS) is 12.4. The molecule has 2 aromatic rings. The van der Waals surface area contributed by atoms with Crippen molar-refractivity contribution in [2.24, 2.45) is 0 Å². The number of nitrogens with zero attached hydrogens (tertiary/aromatic N) is 3. The fourth-order valence-electron chi connectivity index (χ4n) is 1.40. The van der Waals surface area contributed by atoms with Crippen LogP contribution < -0.4 is 5.32 Å². The Hall–Kier alpha value is -1.46. The van der Waals surface area contributed by atoms with Crippen LogP contribution in [0.3, 0.4) is 0 Å². The van der Waals surface area contributed by atoms with Gasteiger partial charge in [0.1, 0.15) is 5.03 Å². The second kappa shape index (κ2) is 5.75. The van der Waals surface area contributed by atoms with E-state index >= 15 is 0 Å². The molecule has 0 aliphatic carbocycles. The molecule has 0 saturated carbocycles. The van der Waals surface area contributed by atoms with Crippen LogP contribution in [0, 0.1) is 0 Å². The fraction of sp³-hybridized carbons (Fsp3) is 0.250. The lowest BCUT2D eigenvalue weighted by molar-refractivity contribution is 0.634. The van der Waals surface area contributed by atoms with Gasteiger partial charge in [0.05, 0.1) is 0 Å². The summed E-state index contributed by atoms with van der Waals surface area (Å²) in [7, 11) is 1.94. The third-order valence-electron chi connectivity index (χ3n) is 2.43. The SMILES string of the molecule is CNC(C)c1cccnc1Sc1ncccn1. The third-order valence-corrected chi connectivity index (χ3v) is 3.36. The summed E-state index contributed by atoms with van der Waals surface area (Å²) >= 11 is 1.48. The van der Waals surface area contributed by atoms with Crippen molar-refractivity contribution in [3.63, 3.8) is 0 Å². The van der Waals surface area contributed by atoms with Crippen molar-refractivity contribution in [3.8, 4) is 0 Å². The quantitative estimate of drug-likeness (QED) is 0.839. The predicted octanol–water partition coefficient (Wildman–Crippen LogP) is 2.30. The van der Waals surface area contributed by atoms with Crippen LogP contribution in [0.15, 0.2) is 47.0 Å². The lowest BCUT2D eigenvalue weighted by Gasteiger charge is -2.13. The van der Waals surface area contributed by atoms with E-state index in [2.05, 4.69) is 33.3 Å². The fourth-order valence-corrected chi connectivity index (χ4v) is 2.27. The number of rotatable bonds is 4. The first-order valence-electron chi connectivity index (χ1n) is 5.38. The summed E-state index contributed by atoms with van der Waals surface area (Å²) in [4.78, 5) is 12.8. The molecule has 0 aliphatic heterocycles. The van der Waals surface area contributed by atoms with Crippen molar-refractivity contribution in [2.45, 2.75) is 23.1 Å². The van der Waals surface area contributed by atoms with Crippen LogP contribution in [0.2, 0.25) is 0 Å². The Morgan fingerprint density at radius 3 is 2.53 bits per heavy atom. The standard InChI is InChI=1S/C12H14N4S/c1-9(13-2)10-5-3-6-14-11(10)17-12-15-7-4-8-16-12/h3-9,13H,1-2H3. The average molecular weight is 246 g/mol. The smallest absolute Gasteiger partial charge is 0.193 e. The van der Waals surface area contributed by atoms with Gasteiger partial charge in [0.15, 0.2) is 5.16 Å². The predicted molar refractivity (Wildman–Crippen MR) is 67.9 cm³/mol. The first-order chi connectivity index (χ1) is 8.31. The van der Waals surface area contributed by atoms with E-state index in [0.29, 0.717) is 0 Å². The van der Waals surface area contributed by atoms with Crippen LogP contribution in [0.25, 0.3) is 0 Å². The molecule has 2 aromatic heterocycles. The Labute approximate surface area is 105 Å². The monoisotopic (exact) mass is 246 g/mol. The first-order valence-corrected chi connectivity index (χ1v) is 6.20. The van der Waals surface area contributed by atoms with E-state index < -0.39 is 0 Å². The Morgan fingerprint density at radius 2 is 1.82 bits per heavy atom. The highest BCUT2D eigenvalue weighted by atomic mass is 32.2. The van der Waals surface area contributed by atoms with Crippen LogP contribution in [-0.4, -0.2) is 22.0 Å². The lowest BCUT2D eigenvalue weighted by Crippen LogP contribution is -2.13. The van der Waals surface area contributed by atoms with Gasteiger partial charge in [0.2, 0.25) is 0 Å². The number of pyridine rings is 1. The zero-order valence-corrected chi connectivity index (χ0v) is 10.6. The zero-order chi connectivity index (χ0) is 12.1. The van der Waals surface area contributed by atoms with E-state index in [0.717, 1.165) is 15.7 Å². The molecule has 1 N–H and O–H groups in total. The molecule has 2 rings (SSSR count). The Balaban J connectivity index is 2.27. The molecule has 0 saturated heterocycles. The number of hydrogen-bond donors (Lipinski definition) is 1. The summed E-state index contributed by atoms with van der Waals surface area (Å²) in [5.74, 6) is 0. The molecule has 0 fully saturated rings. The molecule has 0 amide bonds. The van der Waals surface area contributed by atoms with Crippen molar-refractivity contribution < 1.29 is 0 Å². The van der Waals surface area contributed by atoms with Gasteiger partial charge in [-0.1, -0.05) is 6.07 Å². The topological polar surface area (TPSA) is 50.7 Å². The Bertz CT molecular complexity index is 475. The maximum atomic E-state index is 4.39. The number of nitrogens with one attached hydrogen (secondary N) is 1. The van der Waals surface area contributed by atoms with Gasteiger partial charge < -0.3 is 5.32 Å². The van der Waals surface area contributed by atoms with Gasteiger partial charge in [0, 0.05) is 30.2 Å². The van der Waals surface area contributed by atoms with E-state index in [4.69, 9.17) is 0 Å². The van der Waals surface area contributed by atoms with Crippen LogP contribution in [0.5, 0.6) is 0 Å². The molecule has 0 aromatic carbocycles.